The molecule has 63 heavy (non-hydrogen) atoms. The van der Waals surface area contributed by atoms with Crippen LogP contribution in [0.4, 0.5) is 0 Å². The summed E-state index contributed by atoms with van der Waals surface area (Å²) in [6.07, 6.45) is 10.4. The summed E-state index contributed by atoms with van der Waals surface area (Å²) in [7, 11) is -2.85. The first-order valence-electron chi connectivity index (χ1n) is 22.8. The van der Waals surface area contributed by atoms with Gasteiger partial charge in [0.05, 0.1) is 14.2 Å². The maximum Gasteiger partial charge on any atom is 0.251 e. The Morgan fingerprint density at radius 1 is 0.381 bits per heavy atom. The van der Waals surface area contributed by atoms with Crippen LogP contribution in [0.25, 0.3) is 0 Å². The van der Waals surface area contributed by atoms with E-state index in [0.717, 1.165) is 86.8 Å². The molecular weight excluding hydrogens is 801 g/mol. The van der Waals surface area contributed by atoms with Crippen molar-refractivity contribution >= 4 is 37.4 Å². The second-order valence-electron chi connectivity index (χ2n) is 17.9. The van der Waals surface area contributed by atoms with E-state index in [1.165, 1.54) is 20.7 Å². The molecule has 0 aromatic heterocycles. The molecule has 0 amide bonds. The topological polar surface area (TPSA) is 27.7 Å². The van der Waals surface area contributed by atoms with Crippen LogP contribution < -0.4 is 30.2 Å². The van der Waals surface area contributed by atoms with Crippen molar-refractivity contribution in [2.24, 2.45) is 0 Å². The molecule has 3 nitrogen and oxygen atoms in total. The zero-order chi connectivity index (χ0) is 44.4. The van der Waals surface area contributed by atoms with Crippen LogP contribution in [-0.4, -0.2) is 30.9 Å². The number of hydrogen-bond donors (Lipinski definition) is 0. The number of benzene rings is 6. The molecule has 0 N–H and O–H groups in total. The van der Waals surface area contributed by atoms with Gasteiger partial charge in [-0.2, -0.15) is 0 Å². The van der Waals surface area contributed by atoms with E-state index in [9.17, 15) is 0 Å². The van der Waals surface area contributed by atoms with Crippen molar-refractivity contribution in [1.29, 1.82) is 0 Å². The van der Waals surface area contributed by atoms with Gasteiger partial charge in [0.2, 0.25) is 0 Å². The average molecular weight is 867 g/mol. The molecule has 0 aliphatic carbocycles. The third-order valence-electron chi connectivity index (χ3n) is 12.8. The van der Waals surface area contributed by atoms with E-state index in [-0.39, 0.29) is 10.1 Å². The van der Waals surface area contributed by atoms with Gasteiger partial charge in [-0.1, -0.05) is 198 Å². The van der Waals surface area contributed by atoms with Gasteiger partial charge in [-0.3, -0.25) is 0 Å². The lowest BCUT2D eigenvalue weighted by atomic mass is 10.0. The maximum atomic E-state index is 8.84. The third-order valence-corrected chi connectivity index (χ3v) is 24.1. The first kappa shape index (κ1) is 46.9. The summed E-state index contributed by atoms with van der Waals surface area (Å²) >= 11 is 0. The number of hydrogen-bond acceptors (Lipinski definition) is 3. The Bertz CT molecular complexity index is 2140. The molecular formula is C58H66O3Si2. The quantitative estimate of drug-likeness (QED) is 0.0435. The molecule has 5 heteroatoms. The van der Waals surface area contributed by atoms with Gasteiger partial charge >= 0.3 is 0 Å². The minimum absolute atomic E-state index is 0.176. The van der Waals surface area contributed by atoms with Crippen LogP contribution in [0.2, 0.25) is 10.1 Å². The van der Waals surface area contributed by atoms with Gasteiger partial charge in [-0.25, -0.2) is 0 Å². The van der Waals surface area contributed by atoms with Gasteiger partial charge in [0.25, 0.3) is 16.6 Å². The zero-order valence-electron chi connectivity index (χ0n) is 38.5. The summed E-state index contributed by atoms with van der Waals surface area (Å²) in [6, 6.07) is 61.3. The first-order chi connectivity index (χ1) is 30.6. The van der Waals surface area contributed by atoms with Gasteiger partial charge in [0, 0.05) is 24.0 Å². The third kappa shape index (κ3) is 11.5. The molecule has 0 bridgehead atoms. The number of unbranched alkanes of at least 4 members (excludes halogenated alkanes) is 6. The second-order valence-corrected chi connectivity index (χ2v) is 26.4. The van der Waals surface area contributed by atoms with E-state index in [4.69, 9.17) is 13.6 Å². The molecule has 324 valence electrons. The first-order valence-corrected chi connectivity index (χ1v) is 26.6. The smallest absolute Gasteiger partial charge is 0.251 e. The molecule has 0 saturated carbocycles. The van der Waals surface area contributed by atoms with Crippen LogP contribution in [0.15, 0.2) is 170 Å². The molecule has 6 aromatic carbocycles. The predicted molar refractivity (Wildman–Crippen MR) is 271 cm³/mol. The standard InChI is InChI=1S/C58H66O3Si2/c1-57(2,47-27-11-7-9-17-29-49-39-43-51(59-5)44-40-49)62(53-31-19-13-20-32-53,54-33-21-14-22-34-54)61-63(55-35-23-15-24-36-55,56-37-25-16-26-38-56)58(3,4)48-28-12-8-10-18-30-50-41-45-52(60-6)46-42-50/h13-16,19-26,31-46H,7-12,27-28,47-48H2,1-6H3. The molecule has 6 rings (SSSR count). The Hall–Kier alpha value is -5.57. The molecule has 0 spiro atoms. The summed E-state index contributed by atoms with van der Waals surface area (Å²) < 4.78 is 19.5. The Balaban J connectivity index is 1.34. The van der Waals surface area contributed by atoms with Crippen molar-refractivity contribution in [1.82, 2.24) is 0 Å². The van der Waals surface area contributed by atoms with E-state index < -0.39 is 16.6 Å². The fourth-order valence-electron chi connectivity index (χ4n) is 9.27. The summed E-state index contributed by atoms with van der Waals surface area (Å²) in [5.74, 6) is 15.3. The van der Waals surface area contributed by atoms with Gasteiger partial charge in [-0.05, 0) is 105 Å². The van der Waals surface area contributed by atoms with Crippen LogP contribution in [0.3, 0.4) is 0 Å². The van der Waals surface area contributed by atoms with Crippen molar-refractivity contribution in [3.8, 4) is 35.2 Å². The van der Waals surface area contributed by atoms with Crippen molar-refractivity contribution in [3.05, 3.63) is 181 Å². The highest BCUT2D eigenvalue weighted by Gasteiger charge is 2.61. The summed E-state index contributed by atoms with van der Waals surface area (Å²) in [4.78, 5) is 0. The van der Waals surface area contributed by atoms with Gasteiger partial charge in [0.15, 0.2) is 0 Å². The van der Waals surface area contributed by atoms with Crippen molar-refractivity contribution < 1.29 is 13.6 Å². The molecule has 0 radical (unpaired) electrons. The molecule has 0 fully saturated rings. The normalized spacial score (nSPS) is 11.8. The SMILES string of the molecule is COc1ccc(C#CCCCCCC(C)(C)[Si](O[Si](c2ccccc2)(c2ccccc2)C(C)(C)CCCCCC#Cc2ccc(OC)cc2)(c2ccccc2)c2ccccc2)cc1. The van der Waals surface area contributed by atoms with Crippen LogP contribution >= 0.6 is 0 Å². The summed E-state index contributed by atoms with van der Waals surface area (Å²) in [5, 5.41) is 4.99. The molecule has 6 aromatic rings. The average Bonchev–Trinajstić information content (AvgIpc) is 3.32. The highest BCUT2D eigenvalue weighted by Crippen LogP contribution is 2.49. The molecule has 0 heterocycles. The lowest BCUT2D eigenvalue weighted by Crippen LogP contribution is -2.78. The second kappa shape index (κ2) is 22.7. The van der Waals surface area contributed by atoms with Crippen molar-refractivity contribution in [2.75, 3.05) is 14.2 Å². The van der Waals surface area contributed by atoms with Gasteiger partial charge in [0.1, 0.15) is 11.5 Å². The number of ether oxygens (including phenoxy) is 2. The highest BCUT2D eigenvalue weighted by molar-refractivity contribution is 7.11. The lowest BCUT2D eigenvalue weighted by molar-refractivity contribution is 0.414. The van der Waals surface area contributed by atoms with E-state index >= 15 is 0 Å². The van der Waals surface area contributed by atoms with E-state index in [1.807, 2.05) is 48.5 Å². The molecule has 0 aliphatic heterocycles. The number of methoxy groups -OCH3 is 2. The maximum absolute atomic E-state index is 8.84. The Morgan fingerprint density at radius 3 is 0.968 bits per heavy atom. The Morgan fingerprint density at radius 2 is 0.683 bits per heavy atom. The zero-order valence-corrected chi connectivity index (χ0v) is 40.5. The Labute approximate surface area is 381 Å². The minimum atomic E-state index is -3.12. The van der Waals surface area contributed by atoms with E-state index in [1.54, 1.807) is 14.2 Å². The fraction of sp³-hybridized carbons (Fsp3) is 0.310. The number of rotatable bonds is 20. The largest absolute Gasteiger partial charge is 0.497 e. The van der Waals surface area contributed by atoms with Crippen molar-refractivity contribution in [2.45, 2.75) is 102 Å². The predicted octanol–water partition coefficient (Wildman–Crippen LogP) is 12.1. The van der Waals surface area contributed by atoms with E-state index in [2.05, 4.69) is 173 Å². The highest BCUT2D eigenvalue weighted by atomic mass is 28.4. The van der Waals surface area contributed by atoms with Crippen LogP contribution in [0.5, 0.6) is 11.5 Å². The summed E-state index contributed by atoms with van der Waals surface area (Å²) in [5.41, 5.74) is 2.05. The van der Waals surface area contributed by atoms with Gasteiger partial charge < -0.3 is 13.6 Å². The van der Waals surface area contributed by atoms with Crippen molar-refractivity contribution in [3.63, 3.8) is 0 Å². The molecule has 0 saturated heterocycles. The monoisotopic (exact) mass is 866 g/mol. The van der Waals surface area contributed by atoms with E-state index in [0.29, 0.717) is 0 Å². The summed E-state index contributed by atoms with van der Waals surface area (Å²) in [6.45, 7) is 10.0. The van der Waals surface area contributed by atoms with Crippen LogP contribution in [0, 0.1) is 23.7 Å². The fourth-order valence-corrected chi connectivity index (χ4v) is 22.7. The van der Waals surface area contributed by atoms with Gasteiger partial charge in [-0.15, -0.1) is 0 Å². The Kier molecular flexibility index (Phi) is 16.9. The molecule has 0 unspecified atom stereocenters. The van der Waals surface area contributed by atoms with Crippen LogP contribution in [-0.2, 0) is 4.12 Å². The molecule has 0 aliphatic rings. The minimum Gasteiger partial charge on any atom is -0.497 e. The lowest BCUT2D eigenvalue weighted by Gasteiger charge is -2.55. The van der Waals surface area contributed by atoms with Crippen LogP contribution in [0.1, 0.15) is 103 Å². The molecule has 0 atom stereocenters.